The van der Waals surface area contributed by atoms with Crippen LogP contribution in [-0.2, 0) is 36.2 Å². The highest BCUT2D eigenvalue weighted by atomic mass is 32.2. The van der Waals surface area contributed by atoms with Crippen molar-refractivity contribution in [1.82, 2.24) is 4.90 Å². The van der Waals surface area contributed by atoms with Gasteiger partial charge in [-0.15, -0.1) is 0 Å². The smallest absolute Gasteiger partial charge is 0.381 e. The van der Waals surface area contributed by atoms with Gasteiger partial charge in [0.05, 0.1) is 23.5 Å². The Kier molecular flexibility index (Phi) is 6.76. The number of benzene rings is 2. The van der Waals surface area contributed by atoms with Crippen LogP contribution < -0.4 is 0 Å². The number of rotatable bonds is 4. The van der Waals surface area contributed by atoms with E-state index in [0.29, 0.717) is 25.2 Å². The summed E-state index contributed by atoms with van der Waals surface area (Å²) >= 11 is 0. The molecule has 14 heteroatoms. The molecule has 2 aromatic carbocycles. The first-order valence-corrected chi connectivity index (χ1v) is 13.9. The molecule has 2 aromatic rings. The molecule has 2 heterocycles. The first-order valence-electron chi connectivity index (χ1n) is 12.4. The molecule has 0 aromatic heterocycles. The van der Waals surface area contributed by atoms with Crippen LogP contribution in [0.2, 0.25) is 0 Å². The minimum atomic E-state index is -6.34. The van der Waals surface area contributed by atoms with Gasteiger partial charge in [-0.3, -0.25) is 4.79 Å². The lowest BCUT2D eigenvalue weighted by Gasteiger charge is -2.43. The number of likely N-dealkylation sites (tertiary alicyclic amines) is 1. The van der Waals surface area contributed by atoms with Crippen LogP contribution in [0.1, 0.15) is 36.0 Å². The van der Waals surface area contributed by atoms with E-state index in [4.69, 9.17) is 4.74 Å². The monoisotopic (exact) mass is 597 g/mol. The lowest BCUT2D eigenvalue weighted by Crippen LogP contribution is -2.53. The van der Waals surface area contributed by atoms with Crippen LogP contribution >= 0.6 is 0 Å². The maximum atomic E-state index is 14.9. The second-order valence-electron chi connectivity index (χ2n) is 10.3. The number of fused-ring (bicyclic) bond motifs is 3. The number of nitrogens with zero attached hydrogens (tertiary/aromatic N) is 1. The average molecular weight is 598 g/mol. The van der Waals surface area contributed by atoms with Gasteiger partial charge in [0, 0.05) is 18.7 Å². The van der Waals surface area contributed by atoms with Crippen molar-refractivity contribution in [2.45, 2.75) is 59.4 Å². The third kappa shape index (κ3) is 4.04. The highest BCUT2D eigenvalue weighted by Gasteiger charge is 2.74. The van der Waals surface area contributed by atoms with E-state index in [-0.39, 0.29) is 54.3 Å². The third-order valence-electron chi connectivity index (χ3n) is 8.23. The van der Waals surface area contributed by atoms with E-state index >= 15 is 0 Å². The number of carbonyl (C=O) groups is 1. The van der Waals surface area contributed by atoms with Gasteiger partial charge in [-0.05, 0) is 61.1 Å². The summed E-state index contributed by atoms with van der Waals surface area (Å²) in [6.45, 7) is 0.413. The molecule has 5 nitrogen and oxygen atoms in total. The summed E-state index contributed by atoms with van der Waals surface area (Å²) in [4.78, 5) is 14.4. The second-order valence-corrected chi connectivity index (χ2v) is 12.5. The van der Waals surface area contributed by atoms with E-state index in [2.05, 4.69) is 0 Å². The molecule has 2 saturated heterocycles. The fourth-order valence-electron chi connectivity index (χ4n) is 6.28. The summed E-state index contributed by atoms with van der Waals surface area (Å²) in [7, 11) is -4.52. The molecule has 0 saturated carbocycles. The maximum Gasteiger partial charge on any atom is 0.435 e. The number of sulfone groups is 1. The van der Waals surface area contributed by atoms with Crippen molar-refractivity contribution in [2.24, 2.45) is 5.92 Å². The highest BCUT2D eigenvalue weighted by Crippen LogP contribution is 2.56. The summed E-state index contributed by atoms with van der Waals surface area (Å²) in [5.74, 6) is -1.63. The quantitative estimate of drug-likeness (QED) is 0.352. The Hall–Kier alpha value is -2.74. The highest BCUT2D eigenvalue weighted by molar-refractivity contribution is 7.92. The van der Waals surface area contributed by atoms with Crippen LogP contribution in [0.15, 0.2) is 47.4 Å². The lowest BCUT2D eigenvalue weighted by atomic mass is 9.76. The summed E-state index contributed by atoms with van der Waals surface area (Å²) in [5.41, 5.74) is -7.71. The minimum absolute atomic E-state index is 0.0558. The second kappa shape index (κ2) is 9.40. The number of aryl methyl sites for hydroxylation is 1. The van der Waals surface area contributed by atoms with Gasteiger partial charge in [-0.1, -0.05) is 18.2 Å². The van der Waals surface area contributed by atoms with Crippen LogP contribution in [0.25, 0.3) is 0 Å². The molecule has 0 radical (unpaired) electrons. The van der Waals surface area contributed by atoms with Crippen molar-refractivity contribution < 1.29 is 53.1 Å². The molecule has 5 rings (SSSR count). The Labute approximate surface area is 224 Å². The van der Waals surface area contributed by atoms with Crippen molar-refractivity contribution in [3.05, 3.63) is 65.0 Å². The zero-order valence-electron chi connectivity index (χ0n) is 20.7. The summed E-state index contributed by atoms with van der Waals surface area (Å²) < 4.78 is 141. The summed E-state index contributed by atoms with van der Waals surface area (Å²) in [5, 5.41) is 0. The molecule has 0 N–H and O–H groups in total. The molecule has 1 unspecified atom stereocenters. The molecule has 40 heavy (non-hydrogen) atoms. The fourth-order valence-corrected chi connectivity index (χ4v) is 8.65. The number of halogens is 8. The minimum Gasteiger partial charge on any atom is -0.381 e. The van der Waals surface area contributed by atoms with Crippen LogP contribution in [0.3, 0.4) is 0 Å². The molecular formula is C26H23F8NO4S. The average Bonchev–Trinajstić information content (AvgIpc) is 3.56. The molecule has 3 atom stereocenters. The fraction of sp³-hybridized carbons (Fsp3) is 0.500. The van der Waals surface area contributed by atoms with Gasteiger partial charge in [0.1, 0.15) is 10.6 Å². The van der Waals surface area contributed by atoms with Crippen LogP contribution in [-0.4, -0.2) is 57.4 Å². The van der Waals surface area contributed by atoms with Gasteiger partial charge >= 0.3 is 18.0 Å². The van der Waals surface area contributed by atoms with Gasteiger partial charge in [-0.2, -0.15) is 26.3 Å². The molecule has 0 spiro atoms. The predicted octanol–water partition coefficient (Wildman–Crippen LogP) is 5.37. The molecule has 2 aliphatic heterocycles. The topological polar surface area (TPSA) is 63.7 Å². The van der Waals surface area contributed by atoms with Gasteiger partial charge < -0.3 is 9.64 Å². The van der Waals surface area contributed by atoms with Crippen molar-refractivity contribution in [2.75, 3.05) is 19.8 Å². The van der Waals surface area contributed by atoms with E-state index in [1.54, 1.807) is 0 Å². The van der Waals surface area contributed by atoms with Gasteiger partial charge in [0.25, 0.3) is 0 Å². The molecule has 1 amide bonds. The van der Waals surface area contributed by atoms with E-state index in [9.17, 15) is 48.3 Å². The molecule has 3 aliphatic rings. The summed E-state index contributed by atoms with van der Waals surface area (Å²) in [6.07, 6.45) is -12.8. The van der Waals surface area contributed by atoms with Crippen molar-refractivity contribution in [3.63, 3.8) is 0 Å². The van der Waals surface area contributed by atoms with E-state index in [0.717, 1.165) is 30.3 Å². The number of ether oxygens (including phenoxy) is 1. The van der Waals surface area contributed by atoms with Gasteiger partial charge in [0.2, 0.25) is 5.91 Å². The lowest BCUT2D eigenvalue weighted by molar-refractivity contribution is -0.348. The molecule has 2 fully saturated rings. The Bertz CT molecular complexity index is 1400. The first kappa shape index (κ1) is 28.8. The number of carbonyl (C=O) groups excluding carboxylic acids is 1. The Balaban J connectivity index is 1.69. The predicted molar refractivity (Wildman–Crippen MR) is 124 cm³/mol. The van der Waals surface area contributed by atoms with Crippen LogP contribution in [0, 0.1) is 11.7 Å². The number of amides is 1. The molecule has 1 aliphatic carbocycles. The van der Waals surface area contributed by atoms with Crippen molar-refractivity contribution in [3.8, 4) is 0 Å². The molecule has 218 valence electrons. The molecular weight excluding hydrogens is 574 g/mol. The third-order valence-corrected chi connectivity index (χ3v) is 10.8. The number of alkyl halides is 7. The van der Waals surface area contributed by atoms with Gasteiger partial charge in [0.15, 0.2) is 9.84 Å². The van der Waals surface area contributed by atoms with E-state index in [1.807, 2.05) is 0 Å². The Morgan fingerprint density at radius 3 is 2.17 bits per heavy atom. The van der Waals surface area contributed by atoms with E-state index < -0.39 is 55.9 Å². The maximum absolute atomic E-state index is 14.9. The van der Waals surface area contributed by atoms with Crippen LogP contribution in [0.5, 0.6) is 0 Å². The zero-order valence-corrected chi connectivity index (χ0v) is 21.5. The van der Waals surface area contributed by atoms with Crippen molar-refractivity contribution >= 4 is 15.7 Å². The van der Waals surface area contributed by atoms with Crippen molar-refractivity contribution in [1.29, 1.82) is 0 Å². The standard InChI is InChI=1S/C26H23F8NO4S/c27-18-3-5-19(6-4-18)40(37,38)23-10-11-35(22(36)16-9-12-39-14-16)21(23)8-1-15-13-17(2-7-20(15)23)24(28,25(29,30)31)26(32,33)34/h2-7,13,16,21H,1,8-12,14H2/t16?,21-,23-/m1/s1. The largest absolute Gasteiger partial charge is 0.435 e. The first-order chi connectivity index (χ1) is 18.6. The SMILES string of the molecule is O=C(C1CCOC1)N1CC[C@@]2(S(=O)(=O)c3ccc(F)cc3)c3ccc(C(F)(C(F)(F)F)C(F)(F)F)cc3CC[C@@H]12. The molecule has 0 bridgehead atoms. The Morgan fingerprint density at radius 1 is 0.950 bits per heavy atom. The summed E-state index contributed by atoms with van der Waals surface area (Å²) in [6, 6.07) is 4.32. The van der Waals surface area contributed by atoms with E-state index in [1.165, 1.54) is 4.90 Å². The van der Waals surface area contributed by atoms with Gasteiger partial charge in [-0.25, -0.2) is 17.2 Å². The van der Waals surface area contributed by atoms with Crippen LogP contribution in [0.4, 0.5) is 35.1 Å². The number of hydrogen-bond acceptors (Lipinski definition) is 4. The number of hydrogen-bond donors (Lipinski definition) is 0. The Morgan fingerprint density at radius 2 is 1.60 bits per heavy atom. The normalized spacial score (nSPS) is 25.6. The zero-order chi connectivity index (χ0) is 29.3.